The largest absolute Gasteiger partial charge is 0.483 e. The highest BCUT2D eigenvalue weighted by atomic mass is 79.9. The lowest BCUT2D eigenvalue weighted by molar-refractivity contribution is -0.123. The number of hydrogen-bond donors (Lipinski definition) is 1. The number of rotatable bonds is 5. The molecule has 6 heteroatoms. The van der Waals surface area contributed by atoms with Gasteiger partial charge in [0.1, 0.15) is 11.5 Å². The van der Waals surface area contributed by atoms with Crippen molar-refractivity contribution >= 4 is 28.1 Å². The van der Waals surface area contributed by atoms with Gasteiger partial charge in [-0.3, -0.25) is 4.79 Å². The lowest BCUT2D eigenvalue weighted by Gasteiger charge is -2.20. The van der Waals surface area contributed by atoms with Crippen molar-refractivity contribution in [3.05, 3.63) is 51.9 Å². The van der Waals surface area contributed by atoms with Crippen LogP contribution in [0, 0.1) is 6.92 Å². The molecule has 0 fully saturated rings. The third-order valence-corrected chi connectivity index (χ3v) is 3.80. The maximum absolute atomic E-state index is 11.8. The second kappa shape index (κ2) is 7.66. The van der Waals surface area contributed by atoms with Gasteiger partial charge in [0.05, 0.1) is 6.21 Å². The Morgan fingerprint density at radius 1 is 1.33 bits per heavy atom. The Balaban J connectivity index is 1.86. The van der Waals surface area contributed by atoms with Crippen LogP contribution in [0.15, 0.2) is 44.5 Å². The van der Waals surface area contributed by atoms with E-state index in [1.165, 1.54) is 11.8 Å². The van der Waals surface area contributed by atoms with E-state index in [1.54, 1.807) is 12.1 Å². The van der Waals surface area contributed by atoms with Gasteiger partial charge in [0.25, 0.3) is 5.91 Å². The molecule has 0 bridgehead atoms. The van der Waals surface area contributed by atoms with Crippen molar-refractivity contribution in [2.45, 2.75) is 33.1 Å². The van der Waals surface area contributed by atoms with Crippen LogP contribution >= 0.6 is 15.9 Å². The molecule has 0 saturated heterocycles. The third-order valence-electron chi connectivity index (χ3n) is 3.37. The molecule has 5 nitrogen and oxygen atoms in total. The van der Waals surface area contributed by atoms with Crippen LogP contribution in [0.2, 0.25) is 0 Å². The van der Waals surface area contributed by atoms with Crippen LogP contribution < -0.4 is 10.2 Å². The lowest BCUT2D eigenvalue weighted by Crippen LogP contribution is -2.24. The van der Waals surface area contributed by atoms with Crippen molar-refractivity contribution < 1.29 is 13.9 Å². The van der Waals surface area contributed by atoms with E-state index in [0.717, 1.165) is 5.56 Å². The van der Waals surface area contributed by atoms with Gasteiger partial charge in [0, 0.05) is 0 Å². The zero-order valence-corrected chi connectivity index (χ0v) is 15.8. The number of hydrazone groups is 1. The minimum Gasteiger partial charge on any atom is -0.483 e. The lowest BCUT2D eigenvalue weighted by atomic mass is 9.86. The van der Waals surface area contributed by atoms with E-state index in [-0.39, 0.29) is 17.9 Å². The van der Waals surface area contributed by atoms with Crippen molar-refractivity contribution in [2.24, 2.45) is 5.10 Å². The first-order chi connectivity index (χ1) is 11.3. The average molecular weight is 393 g/mol. The molecule has 0 unspecified atom stereocenters. The number of carbonyl (C=O) groups excluding carboxylic acids is 1. The normalized spacial score (nSPS) is 11.7. The van der Waals surface area contributed by atoms with Crippen LogP contribution in [0.25, 0.3) is 0 Å². The Hall–Kier alpha value is -2.08. The minimum atomic E-state index is -0.337. The smallest absolute Gasteiger partial charge is 0.277 e. The van der Waals surface area contributed by atoms with E-state index >= 15 is 0 Å². The third kappa shape index (κ3) is 5.23. The van der Waals surface area contributed by atoms with Gasteiger partial charge >= 0.3 is 0 Å². The van der Waals surface area contributed by atoms with Crippen LogP contribution in [0.3, 0.4) is 0 Å². The number of nitrogens with one attached hydrogen (secondary N) is 1. The molecular weight excluding hydrogens is 372 g/mol. The van der Waals surface area contributed by atoms with E-state index in [9.17, 15) is 4.79 Å². The average Bonchev–Trinajstić information content (AvgIpc) is 2.90. The standard InChI is InChI=1S/C18H21BrN2O3/c1-12-9-13(18(2,3)4)5-7-15(12)23-11-17(22)21-20-10-14-6-8-16(19)24-14/h5-10H,11H2,1-4H3,(H,21,22). The molecule has 0 atom stereocenters. The summed E-state index contributed by atoms with van der Waals surface area (Å²) in [5, 5.41) is 3.82. The van der Waals surface area contributed by atoms with Crippen LogP contribution in [0.4, 0.5) is 0 Å². The molecule has 1 amide bonds. The van der Waals surface area contributed by atoms with Gasteiger partial charge in [0.15, 0.2) is 11.3 Å². The zero-order chi connectivity index (χ0) is 17.7. The van der Waals surface area contributed by atoms with E-state index in [2.05, 4.69) is 53.3 Å². The molecule has 2 aromatic rings. The summed E-state index contributed by atoms with van der Waals surface area (Å²) in [6, 6.07) is 9.48. The van der Waals surface area contributed by atoms with Crippen LogP contribution in [0.1, 0.15) is 37.7 Å². The SMILES string of the molecule is Cc1cc(C(C)(C)C)ccc1OCC(=O)NN=Cc1ccc(Br)o1. The summed E-state index contributed by atoms with van der Waals surface area (Å²) >= 11 is 3.19. The minimum absolute atomic E-state index is 0.0796. The van der Waals surface area contributed by atoms with Gasteiger partial charge in [0.2, 0.25) is 0 Å². The molecule has 1 N–H and O–H groups in total. The number of aryl methyl sites for hydroxylation is 1. The summed E-state index contributed by atoms with van der Waals surface area (Å²) in [7, 11) is 0. The predicted octanol–water partition coefficient (Wildman–Crippen LogP) is 4.18. The first kappa shape index (κ1) is 18.3. The van der Waals surface area contributed by atoms with E-state index < -0.39 is 0 Å². The topological polar surface area (TPSA) is 63.8 Å². The number of furan rings is 1. The molecule has 0 aliphatic rings. The Kier molecular flexibility index (Phi) is 5.83. The highest BCUT2D eigenvalue weighted by Gasteiger charge is 2.15. The molecule has 0 spiro atoms. The monoisotopic (exact) mass is 392 g/mol. The number of ether oxygens (including phenoxy) is 1. The Morgan fingerprint density at radius 3 is 2.67 bits per heavy atom. The zero-order valence-electron chi connectivity index (χ0n) is 14.2. The fourth-order valence-corrected chi connectivity index (χ4v) is 2.34. The number of carbonyl (C=O) groups is 1. The van der Waals surface area contributed by atoms with Crippen LogP contribution in [-0.4, -0.2) is 18.7 Å². The van der Waals surface area contributed by atoms with Gasteiger partial charge in [-0.25, -0.2) is 5.43 Å². The van der Waals surface area contributed by atoms with Gasteiger partial charge < -0.3 is 9.15 Å². The highest BCUT2D eigenvalue weighted by molar-refractivity contribution is 9.10. The molecule has 128 valence electrons. The van der Waals surface area contributed by atoms with Crippen molar-refractivity contribution in [1.29, 1.82) is 0 Å². The Morgan fingerprint density at radius 2 is 2.08 bits per heavy atom. The number of amides is 1. The molecule has 0 aliphatic heterocycles. The number of halogens is 1. The number of benzene rings is 1. The Labute approximate surface area is 150 Å². The summed E-state index contributed by atoms with van der Waals surface area (Å²) in [4.78, 5) is 11.8. The molecule has 0 aliphatic carbocycles. The van der Waals surface area contributed by atoms with E-state index in [0.29, 0.717) is 16.2 Å². The molecule has 0 saturated carbocycles. The summed E-state index contributed by atoms with van der Waals surface area (Å²) in [5.74, 6) is 0.893. The highest BCUT2D eigenvalue weighted by Crippen LogP contribution is 2.27. The molecule has 1 heterocycles. The number of hydrogen-bond acceptors (Lipinski definition) is 4. The second-order valence-electron chi connectivity index (χ2n) is 6.45. The number of nitrogens with zero attached hydrogens (tertiary/aromatic N) is 1. The van der Waals surface area contributed by atoms with Crippen molar-refractivity contribution in [3.63, 3.8) is 0 Å². The summed E-state index contributed by atoms with van der Waals surface area (Å²) in [5.41, 5.74) is 4.70. The summed E-state index contributed by atoms with van der Waals surface area (Å²) in [6.45, 7) is 8.34. The van der Waals surface area contributed by atoms with E-state index in [4.69, 9.17) is 9.15 Å². The molecule has 24 heavy (non-hydrogen) atoms. The molecule has 0 radical (unpaired) electrons. The van der Waals surface area contributed by atoms with Gasteiger partial charge in [-0.1, -0.05) is 32.9 Å². The molecule has 1 aromatic carbocycles. The molecular formula is C18H21BrN2O3. The second-order valence-corrected chi connectivity index (χ2v) is 7.24. The predicted molar refractivity (Wildman–Crippen MR) is 97.5 cm³/mol. The molecule has 2 rings (SSSR count). The van der Waals surface area contributed by atoms with Crippen LogP contribution in [0.5, 0.6) is 5.75 Å². The summed E-state index contributed by atoms with van der Waals surface area (Å²) < 4.78 is 11.4. The van der Waals surface area contributed by atoms with Crippen LogP contribution in [-0.2, 0) is 10.2 Å². The summed E-state index contributed by atoms with van der Waals surface area (Å²) in [6.07, 6.45) is 1.42. The fourth-order valence-electron chi connectivity index (χ4n) is 2.02. The maximum atomic E-state index is 11.8. The van der Waals surface area contributed by atoms with Crippen molar-refractivity contribution in [2.75, 3.05) is 6.61 Å². The first-order valence-corrected chi connectivity index (χ1v) is 8.36. The van der Waals surface area contributed by atoms with Gasteiger partial charge in [-0.05, 0) is 57.6 Å². The first-order valence-electron chi connectivity index (χ1n) is 7.57. The fraction of sp³-hybridized carbons (Fsp3) is 0.333. The Bertz CT molecular complexity index is 745. The van der Waals surface area contributed by atoms with E-state index in [1.807, 2.05) is 19.1 Å². The van der Waals surface area contributed by atoms with Crippen molar-refractivity contribution in [1.82, 2.24) is 5.43 Å². The molecule has 1 aromatic heterocycles. The van der Waals surface area contributed by atoms with Gasteiger partial charge in [-0.2, -0.15) is 5.10 Å². The maximum Gasteiger partial charge on any atom is 0.277 e. The van der Waals surface area contributed by atoms with Gasteiger partial charge in [-0.15, -0.1) is 0 Å². The van der Waals surface area contributed by atoms with Crippen molar-refractivity contribution in [3.8, 4) is 5.75 Å². The quantitative estimate of drug-likeness (QED) is 0.613.